The van der Waals surface area contributed by atoms with Crippen LogP contribution in [-0.2, 0) is 0 Å². The van der Waals surface area contributed by atoms with Crippen LogP contribution < -0.4 is 0 Å². The number of nitrogens with zero attached hydrogens (tertiary/aromatic N) is 2. The molecule has 0 bridgehead atoms. The first-order chi connectivity index (χ1) is 4.41. The van der Waals surface area contributed by atoms with E-state index < -0.39 is 0 Å². The number of aliphatic imine (C=N–C) groups is 2. The van der Waals surface area contributed by atoms with Crippen molar-refractivity contribution in [2.45, 2.75) is 0 Å². The van der Waals surface area contributed by atoms with E-state index in [-0.39, 0.29) is 0 Å². The second-order valence-electron chi connectivity index (χ2n) is 1.23. The molecule has 0 rings (SSSR count). The average Bonchev–Trinajstić information content (AvgIpc) is 1.89. The summed E-state index contributed by atoms with van der Waals surface area (Å²) in [4.78, 5) is 7.67. The Kier molecular flexibility index (Phi) is 7.65. The molecular weight excluding hydrogens is 227 g/mol. The van der Waals surface area contributed by atoms with Gasteiger partial charge in [0.15, 0.2) is 0 Å². The Balaban J connectivity index is 3.35. The minimum absolute atomic E-state index is 0.950. The lowest BCUT2D eigenvalue weighted by atomic mass is 10.6. The zero-order valence-corrected chi connectivity index (χ0v) is 7.45. The quantitative estimate of drug-likeness (QED) is 0.405. The van der Waals surface area contributed by atoms with Crippen LogP contribution in [0.1, 0.15) is 0 Å². The molecule has 2 nitrogen and oxygen atoms in total. The van der Waals surface area contributed by atoms with Crippen LogP contribution in [0.15, 0.2) is 22.3 Å². The molecule has 50 valence electrons. The molecule has 0 amide bonds. The van der Waals surface area contributed by atoms with Gasteiger partial charge in [0.2, 0.25) is 0 Å². The van der Waals surface area contributed by atoms with E-state index in [0.29, 0.717) is 0 Å². The molecular formula is C6H9IN2. The summed E-state index contributed by atoms with van der Waals surface area (Å²) in [7, 11) is 1.73. The summed E-state index contributed by atoms with van der Waals surface area (Å²) in [6.45, 7) is 0. The molecule has 0 aliphatic rings. The standard InChI is InChI=1S/C6H9IN2/c1-8-4-2-5-9-6-3-7/h2,4-6H,3H2,1H3/b5-2-,8-4?,9-6?. The van der Waals surface area contributed by atoms with Crippen molar-refractivity contribution in [3.8, 4) is 0 Å². The van der Waals surface area contributed by atoms with Gasteiger partial charge in [-0.05, 0) is 6.08 Å². The van der Waals surface area contributed by atoms with Gasteiger partial charge in [0.1, 0.15) is 0 Å². The van der Waals surface area contributed by atoms with Crippen molar-refractivity contribution < 1.29 is 0 Å². The number of halogens is 1. The van der Waals surface area contributed by atoms with E-state index in [1.165, 1.54) is 0 Å². The topological polar surface area (TPSA) is 24.7 Å². The third kappa shape index (κ3) is 7.81. The zero-order valence-electron chi connectivity index (χ0n) is 5.29. The first kappa shape index (κ1) is 8.81. The maximum absolute atomic E-state index is 3.92. The van der Waals surface area contributed by atoms with E-state index in [4.69, 9.17) is 0 Å². The van der Waals surface area contributed by atoms with Crippen molar-refractivity contribution >= 4 is 35.0 Å². The fourth-order valence-electron chi connectivity index (χ4n) is 0.275. The Morgan fingerprint density at radius 1 is 1.56 bits per heavy atom. The SMILES string of the molecule is CN=C/C=C\N=CCI. The van der Waals surface area contributed by atoms with Gasteiger partial charge in [-0.2, -0.15) is 0 Å². The molecule has 0 saturated heterocycles. The van der Waals surface area contributed by atoms with Crippen LogP contribution in [0.25, 0.3) is 0 Å². The van der Waals surface area contributed by atoms with Crippen molar-refractivity contribution in [3.05, 3.63) is 12.3 Å². The fraction of sp³-hybridized carbons (Fsp3) is 0.333. The first-order valence-electron chi connectivity index (χ1n) is 2.56. The van der Waals surface area contributed by atoms with E-state index in [1.807, 2.05) is 6.21 Å². The molecule has 3 heteroatoms. The molecule has 0 aromatic heterocycles. The first-order valence-corrected chi connectivity index (χ1v) is 4.09. The van der Waals surface area contributed by atoms with Gasteiger partial charge in [0, 0.05) is 30.1 Å². The third-order valence-corrected chi connectivity index (χ3v) is 0.976. The van der Waals surface area contributed by atoms with Gasteiger partial charge in [-0.25, -0.2) is 0 Å². The molecule has 0 aromatic carbocycles. The molecule has 0 N–H and O–H groups in total. The summed E-state index contributed by atoms with van der Waals surface area (Å²) in [5, 5.41) is 0. The summed E-state index contributed by atoms with van der Waals surface area (Å²) in [5.74, 6) is 0. The van der Waals surface area contributed by atoms with Crippen molar-refractivity contribution in [2.24, 2.45) is 9.98 Å². The van der Waals surface area contributed by atoms with Gasteiger partial charge >= 0.3 is 0 Å². The highest BCUT2D eigenvalue weighted by Gasteiger charge is 1.62. The normalized spacial score (nSPS) is 12.7. The highest BCUT2D eigenvalue weighted by Crippen LogP contribution is 1.76. The lowest BCUT2D eigenvalue weighted by molar-refractivity contribution is 1.47. The fourth-order valence-corrected chi connectivity index (χ4v) is 0.502. The molecule has 0 unspecified atom stereocenters. The van der Waals surface area contributed by atoms with Crippen molar-refractivity contribution in [3.63, 3.8) is 0 Å². The molecule has 0 atom stereocenters. The maximum atomic E-state index is 3.92. The van der Waals surface area contributed by atoms with Crippen molar-refractivity contribution in [1.29, 1.82) is 0 Å². The number of alkyl halides is 1. The second kappa shape index (κ2) is 7.81. The monoisotopic (exact) mass is 236 g/mol. The van der Waals surface area contributed by atoms with Gasteiger partial charge < -0.3 is 0 Å². The van der Waals surface area contributed by atoms with E-state index in [1.54, 1.807) is 25.5 Å². The molecule has 0 spiro atoms. The van der Waals surface area contributed by atoms with Crippen LogP contribution in [0.5, 0.6) is 0 Å². The molecule has 0 fully saturated rings. The van der Waals surface area contributed by atoms with Crippen LogP contribution in [-0.4, -0.2) is 23.9 Å². The van der Waals surface area contributed by atoms with Crippen LogP contribution in [0.4, 0.5) is 0 Å². The molecule has 0 aromatic rings. The lowest BCUT2D eigenvalue weighted by Crippen LogP contribution is -1.68. The predicted octanol–water partition coefficient (Wildman–Crippen LogP) is 1.71. The summed E-state index contributed by atoms with van der Waals surface area (Å²) >= 11 is 2.23. The van der Waals surface area contributed by atoms with E-state index in [0.717, 1.165) is 4.43 Å². The van der Waals surface area contributed by atoms with Gasteiger partial charge in [0.25, 0.3) is 0 Å². The Hall–Kier alpha value is -0.190. The maximum Gasteiger partial charge on any atom is 0.0350 e. The number of hydrogen-bond donors (Lipinski definition) is 0. The molecule has 0 aliphatic heterocycles. The van der Waals surface area contributed by atoms with Crippen LogP contribution in [0, 0.1) is 0 Å². The van der Waals surface area contributed by atoms with Crippen LogP contribution >= 0.6 is 22.6 Å². The second-order valence-corrected chi connectivity index (χ2v) is 2.12. The third-order valence-electron chi connectivity index (χ3n) is 0.582. The lowest BCUT2D eigenvalue weighted by Gasteiger charge is -1.72. The van der Waals surface area contributed by atoms with Crippen LogP contribution in [0.2, 0.25) is 0 Å². The number of hydrogen-bond acceptors (Lipinski definition) is 2. The van der Waals surface area contributed by atoms with E-state index >= 15 is 0 Å². The minimum Gasteiger partial charge on any atom is -0.296 e. The van der Waals surface area contributed by atoms with Gasteiger partial charge in [-0.1, -0.05) is 22.6 Å². The number of rotatable bonds is 3. The van der Waals surface area contributed by atoms with Gasteiger partial charge in [0.05, 0.1) is 0 Å². The summed E-state index contributed by atoms with van der Waals surface area (Å²) in [6, 6.07) is 0. The zero-order chi connectivity index (χ0) is 6.95. The highest BCUT2D eigenvalue weighted by atomic mass is 127. The molecule has 9 heavy (non-hydrogen) atoms. The van der Waals surface area contributed by atoms with Crippen molar-refractivity contribution in [2.75, 3.05) is 11.5 Å². The molecule has 0 heterocycles. The number of allylic oxidation sites excluding steroid dienone is 1. The smallest absolute Gasteiger partial charge is 0.0350 e. The Bertz CT molecular complexity index is 127. The van der Waals surface area contributed by atoms with Gasteiger partial charge in [-0.15, -0.1) is 0 Å². The molecule has 0 aliphatic carbocycles. The largest absolute Gasteiger partial charge is 0.296 e. The summed E-state index contributed by atoms with van der Waals surface area (Å²) < 4.78 is 0.950. The summed E-state index contributed by atoms with van der Waals surface area (Å²) in [6.07, 6.45) is 7.04. The average molecular weight is 236 g/mol. The Morgan fingerprint density at radius 3 is 2.89 bits per heavy atom. The molecule has 0 saturated carbocycles. The summed E-state index contributed by atoms with van der Waals surface area (Å²) in [5.41, 5.74) is 0. The van der Waals surface area contributed by atoms with Crippen molar-refractivity contribution in [1.82, 2.24) is 0 Å². The minimum atomic E-state index is 0.950. The van der Waals surface area contributed by atoms with Crippen LogP contribution in [0.3, 0.4) is 0 Å². The highest BCUT2D eigenvalue weighted by molar-refractivity contribution is 14.1. The Morgan fingerprint density at radius 2 is 2.33 bits per heavy atom. The van der Waals surface area contributed by atoms with Gasteiger partial charge in [-0.3, -0.25) is 9.98 Å². The molecule has 0 radical (unpaired) electrons. The van der Waals surface area contributed by atoms with E-state index in [2.05, 4.69) is 32.6 Å². The van der Waals surface area contributed by atoms with E-state index in [9.17, 15) is 0 Å². The predicted molar refractivity (Wildman–Crippen MR) is 50.9 cm³/mol. The Labute approximate surface area is 68.9 Å².